The second kappa shape index (κ2) is 7.43. The first-order chi connectivity index (χ1) is 9.68. The van der Waals surface area contributed by atoms with Crippen molar-refractivity contribution in [2.24, 2.45) is 11.8 Å². The predicted molar refractivity (Wildman–Crippen MR) is 76.3 cm³/mol. The lowest BCUT2D eigenvalue weighted by molar-refractivity contribution is -0.147. The minimum atomic E-state index is -0.869. The van der Waals surface area contributed by atoms with Gasteiger partial charge < -0.3 is 15.3 Å². The lowest BCUT2D eigenvalue weighted by Crippen LogP contribution is -2.39. The SMILES string of the molecule is O=C(O)[C@H]1CC=CC[C@H]1C(=O)NCCCN1CCCC1. The molecule has 1 aliphatic heterocycles. The lowest BCUT2D eigenvalue weighted by Gasteiger charge is -2.24. The molecule has 5 heteroatoms. The van der Waals surface area contributed by atoms with Crippen LogP contribution in [0, 0.1) is 11.8 Å². The van der Waals surface area contributed by atoms with E-state index >= 15 is 0 Å². The number of hydrogen-bond donors (Lipinski definition) is 2. The number of nitrogens with one attached hydrogen (secondary N) is 1. The fraction of sp³-hybridized carbons (Fsp3) is 0.733. The van der Waals surface area contributed by atoms with E-state index < -0.39 is 17.8 Å². The Bertz CT molecular complexity index is 375. The molecular weight excluding hydrogens is 256 g/mol. The zero-order chi connectivity index (χ0) is 14.4. The van der Waals surface area contributed by atoms with Crippen molar-refractivity contribution >= 4 is 11.9 Å². The molecule has 0 aromatic rings. The first kappa shape index (κ1) is 15.0. The number of carboxylic acids is 1. The summed E-state index contributed by atoms with van der Waals surface area (Å²) in [5.74, 6) is -1.96. The molecule has 0 aromatic carbocycles. The average Bonchev–Trinajstić information content (AvgIpc) is 2.96. The number of carboxylic acid groups (broad SMARTS) is 1. The minimum absolute atomic E-state index is 0.108. The molecular formula is C15H24N2O3. The van der Waals surface area contributed by atoms with Crippen LogP contribution in [0.25, 0.3) is 0 Å². The standard InChI is InChI=1S/C15H24N2O3/c18-14(12-6-1-2-7-13(12)15(19)20)16-8-5-11-17-9-3-4-10-17/h1-2,12-13H,3-11H2,(H,16,18)(H,19,20)/t12-,13+/m1/s1. The second-order valence-electron chi connectivity index (χ2n) is 5.69. The van der Waals surface area contributed by atoms with Crippen molar-refractivity contribution in [1.82, 2.24) is 10.2 Å². The smallest absolute Gasteiger partial charge is 0.307 e. The van der Waals surface area contributed by atoms with Crippen LogP contribution in [0.2, 0.25) is 0 Å². The molecule has 0 radical (unpaired) electrons. The molecule has 2 atom stereocenters. The monoisotopic (exact) mass is 280 g/mol. The molecule has 1 heterocycles. The molecule has 0 saturated carbocycles. The number of hydrogen-bond acceptors (Lipinski definition) is 3. The van der Waals surface area contributed by atoms with E-state index in [1.165, 1.54) is 25.9 Å². The number of carbonyl (C=O) groups excluding carboxylic acids is 1. The maximum absolute atomic E-state index is 12.1. The number of carbonyl (C=O) groups is 2. The first-order valence-electron chi connectivity index (χ1n) is 7.56. The van der Waals surface area contributed by atoms with Crippen LogP contribution in [-0.2, 0) is 9.59 Å². The maximum Gasteiger partial charge on any atom is 0.307 e. The number of aliphatic carboxylic acids is 1. The van der Waals surface area contributed by atoms with Crippen LogP contribution in [0.1, 0.15) is 32.1 Å². The van der Waals surface area contributed by atoms with E-state index in [0.29, 0.717) is 19.4 Å². The highest BCUT2D eigenvalue weighted by molar-refractivity contribution is 5.85. The Balaban J connectivity index is 1.70. The third-order valence-corrected chi connectivity index (χ3v) is 4.24. The number of nitrogens with zero attached hydrogens (tertiary/aromatic N) is 1. The van der Waals surface area contributed by atoms with E-state index in [-0.39, 0.29) is 5.91 Å². The van der Waals surface area contributed by atoms with E-state index in [1.54, 1.807) is 0 Å². The molecule has 1 amide bonds. The summed E-state index contributed by atoms with van der Waals surface area (Å²) < 4.78 is 0. The molecule has 2 aliphatic rings. The predicted octanol–water partition coefficient (Wildman–Crippen LogP) is 1.26. The Morgan fingerprint density at radius 2 is 1.80 bits per heavy atom. The molecule has 1 aliphatic carbocycles. The van der Waals surface area contributed by atoms with Crippen molar-refractivity contribution in [3.05, 3.63) is 12.2 Å². The summed E-state index contributed by atoms with van der Waals surface area (Å²) >= 11 is 0. The van der Waals surface area contributed by atoms with Gasteiger partial charge in [0.15, 0.2) is 0 Å². The van der Waals surface area contributed by atoms with E-state index in [0.717, 1.165) is 13.0 Å². The van der Waals surface area contributed by atoms with Gasteiger partial charge in [-0.15, -0.1) is 0 Å². The normalized spacial score (nSPS) is 26.6. The van der Waals surface area contributed by atoms with Gasteiger partial charge in [-0.1, -0.05) is 12.2 Å². The fourth-order valence-corrected chi connectivity index (χ4v) is 3.03. The van der Waals surface area contributed by atoms with Gasteiger partial charge in [-0.25, -0.2) is 0 Å². The van der Waals surface area contributed by atoms with Crippen molar-refractivity contribution in [2.45, 2.75) is 32.1 Å². The molecule has 1 saturated heterocycles. The quantitative estimate of drug-likeness (QED) is 0.567. The Morgan fingerprint density at radius 1 is 1.15 bits per heavy atom. The van der Waals surface area contributed by atoms with Gasteiger partial charge in [-0.3, -0.25) is 9.59 Å². The topological polar surface area (TPSA) is 69.6 Å². The highest BCUT2D eigenvalue weighted by atomic mass is 16.4. The van der Waals surface area contributed by atoms with Crippen molar-refractivity contribution in [2.75, 3.05) is 26.2 Å². The third kappa shape index (κ3) is 4.07. The molecule has 0 bridgehead atoms. The van der Waals surface area contributed by atoms with Gasteiger partial charge in [0.25, 0.3) is 0 Å². The molecule has 112 valence electrons. The van der Waals surface area contributed by atoms with E-state index in [2.05, 4.69) is 10.2 Å². The fourth-order valence-electron chi connectivity index (χ4n) is 3.03. The lowest BCUT2D eigenvalue weighted by atomic mass is 9.82. The Hall–Kier alpha value is -1.36. The van der Waals surface area contributed by atoms with E-state index in [4.69, 9.17) is 5.11 Å². The van der Waals surface area contributed by atoms with Crippen LogP contribution in [-0.4, -0.2) is 48.1 Å². The summed E-state index contributed by atoms with van der Waals surface area (Å²) in [6, 6.07) is 0. The molecule has 2 rings (SSSR count). The highest BCUT2D eigenvalue weighted by Gasteiger charge is 2.33. The molecule has 5 nitrogen and oxygen atoms in total. The molecule has 20 heavy (non-hydrogen) atoms. The van der Waals surface area contributed by atoms with E-state index in [1.807, 2.05) is 12.2 Å². The van der Waals surface area contributed by atoms with Crippen molar-refractivity contribution in [3.8, 4) is 0 Å². The van der Waals surface area contributed by atoms with Crippen LogP contribution in [0.4, 0.5) is 0 Å². The van der Waals surface area contributed by atoms with Crippen LogP contribution >= 0.6 is 0 Å². The highest BCUT2D eigenvalue weighted by Crippen LogP contribution is 2.25. The zero-order valence-electron chi connectivity index (χ0n) is 11.9. The molecule has 1 fully saturated rings. The number of amides is 1. The summed E-state index contributed by atoms with van der Waals surface area (Å²) in [6.07, 6.45) is 8.26. The van der Waals surface area contributed by atoms with Crippen molar-refractivity contribution < 1.29 is 14.7 Å². The van der Waals surface area contributed by atoms with Gasteiger partial charge in [-0.2, -0.15) is 0 Å². The van der Waals surface area contributed by atoms with E-state index in [9.17, 15) is 9.59 Å². The number of rotatable bonds is 6. The first-order valence-corrected chi connectivity index (χ1v) is 7.56. The van der Waals surface area contributed by atoms with Gasteiger partial charge in [0.1, 0.15) is 0 Å². The van der Waals surface area contributed by atoms with Gasteiger partial charge in [0, 0.05) is 6.54 Å². The number of allylic oxidation sites excluding steroid dienone is 2. The van der Waals surface area contributed by atoms with Crippen molar-refractivity contribution in [3.63, 3.8) is 0 Å². The number of likely N-dealkylation sites (tertiary alicyclic amines) is 1. The molecule has 2 N–H and O–H groups in total. The largest absolute Gasteiger partial charge is 0.481 e. The zero-order valence-corrected chi connectivity index (χ0v) is 11.9. The van der Waals surface area contributed by atoms with Gasteiger partial charge in [-0.05, 0) is 51.7 Å². The second-order valence-corrected chi connectivity index (χ2v) is 5.69. The molecule has 0 aromatic heterocycles. The van der Waals surface area contributed by atoms with Crippen LogP contribution in [0.5, 0.6) is 0 Å². The summed E-state index contributed by atoms with van der Waals surface area (Å²) in [5.41, 5.74) is 0. The summed E-state index contributed by atoms with van der Waals surface area (Å²) in [6.45, 7) is 4.00. The third-order valence-electron chi connectivity index (χ3n) is 4.24. The van der Waals surface area contributed by atoms with Crippen molar-refractivity contribution in [1.29, 1.82) is 0 Å². The van der Waals surface area contributed by atoms with Crippen LogP contribution < -0.4 is 5.32 Å². The Kier molecular flexibility index (Phi) is 5.59. The summed E-state index contributed by atoms with van der Waals surface area (Å²) in [4.78, 5) is 25.7. The molecule has 0 unspecified atom stereocenters. The Labute approximate surface area is 120 Å². The molecule has 0 spiro atoms. The minimum Gasteiger partial charge on any atom is -0.481 e. The average molecular weight is 280 g/mol. The Morgan fingerprint density at radius 3 is 2.45 bits per heavy atom. The maximum atomic E-state index is 12.1. The van der Waals surface area contributed by atoms with Crippen LogP contribution in [0.3, 0.4) is 0 Å². The van der Waals surface area contributed by atoms with Gasteiger partial charge in [0.2, 0.25) is 5.91 Å². The van der Waals surface area contributed by atoms with Gasteiger partial charge >= 0.3 is 5.97 Å². The van der Waals surface area contributed by atoms with Crippen LogP contribution in [0.15, 0.2) is 12.2 Å². The van der Waals surface area contributed by atoms with Gasteiger partial charge in [0.05, 0.1) is 11.8 Å². The summed E-state index contributed by atoms with van der Waals surface area (Å²) in [7, 11) is 0. The summed E-state index contributed by atoms with van der Waals surface area (Å²) in [5, 5.41) is 12.1.